The molecule has 0 N–H and O–H groups in total. The molecule has 0 aliphatic heterocycles. The summed E-state index contributed by atoms with van der Waals surface area (Å²) in [4.78, 5) is 34.8. The van der Waals surface area contributed by atoms with Crippen molar-refractivity contribution in [2.24, 2.45) is 0 Å². The normalized spacial score (nSPS) is 9.38. The molecular weight excluding hydrogens is 266 g/mol. The first kappa shape index (κ1) is 19.0. The number of anilines is 1. The number of hydrogen-bond donors (Lipinski definition) is 0. The average Bonchev–Trinajstić information content (AvgIpc) is 2.42. The Balaban J connectivity index is 0.00000191. The Morgan fingerprint density at radius 3 is 1.76 bits per heavy atom. The van der Waals surface area contributed by atoms with Crippen molar-refractivity contribution in [3.63, 3.8) is 0 Å². The van der Waals surface area contributed by atoms with Crippen LogP contribution in [0.2, 0.25) is 0 Å². The van der Waals surface area contributed by atoms with Gasteiger partial charge in [-0.3, -0.25) is 14.5 Å². The molecule has 21 heavy (non-hydrogen) atoms. The summed E-state index contributed by atoms with van der Waals surface area (Å²) in [5, 5.41) is 0. The van der Waals surface area contributed by atoms with E-state index in [1.165, 1.54) is 13.8 Å². The lowest BCUT2D eigenvalue weighted by Gasteiger charge is -2.17. The highest BCUT2D eigenvalue weighted by molar-refractivity contribution is 6.13. The molecule has 0 fully saturated rings. The summed E-state index contributed by atoms with van der Waals surface area (Å²) < 4.78 is 0. The molecule has 0 bridgehead atoms. The van der Waals surface area contributed by atoms with Gasteiger partial charge in [0, 0.05) is 20.3 Å². The molecule has 0 heterocycles. The van der Waals surface area contributed by atoms with E-state index in [2.05, 4.69) is 0 Å². The molecule has 0 saturated heterocycles. The number of imide groups is 1. The Kier molecular flexibility index (Phi) is 8.93. The maximum Gasteiger partial charge on any atom is 0.230 e. The van der Waals surface area contributed by atoms with Crippen LogP contribution in [0.3, 0.4) is 0 Å². The van der Waals surface area contributed by atoms with Crippen LogP contribution < -0.4 is 4.90 Å². The Morgan fingerprint density at radius 1 is 0.905 bits per heavy atom. The average molecular weight is 291 g/mol. The Morgan fingerprint density at radius 2 is 1.38 bits per heavy atom. The number of hydrogen-bond acceptors (Lipinski definition) is 3. The first-order valence-corrected chi connectivity index (χ1v) is 7.31. The topological polar surface area (TPSA) is 54.5 Å². The van der Waals surface area contributed by atoms with Gasteiger partial charge in [0.25, 0.3) is 0 Å². The molecule has 1 rings (SSSR count). The number of carbonyl (C=O) groups is 3. The highest BCUT2D eigenvalue weighted by Gasteiger charge is 2.15. The Bertz CT molecular complexity index is 463. The minimum Gasteiger partial charge on any atom is -0.300 e. The predicted octanol–water partition coefficient (Wildman–Crippen LogP) is 3.52. The molecule has 0 radical (unpaired) electrons. The SMILES string of the molecule is CC.CC(=O)CCCc1ccc(N(C(C)=O)C(C)=O)cc1. The number of nitrogens with zero attached hydrogens (tertiary/aromatic N) is 1. The van der Waals surface area contributed by atoms with Crippen molar-refractivity contribution in [3.05, 3.63) is 29.8 Å². The second-order valence-electron chi connectivity index (χ2n) is 4.60. The van der Waals surface area contributed by atoms with Crippen molar-refractivity contribution in [1.29, 1.82) is 0 Å². The van der Waals surface area contributed by atoms with Crippen molar-refractivity contribution in [2.45, 2.75) is 53.9 Å². The zero-order valence-electron chi connectivity index (χ0n) is 13.6. The van der Waals surface area contributed by atoms with Crippen LogP contribution >= 0.6 is 0 Å². The number of rotatable bonds is 5. The number of benzene rings is 1. The molecule has 0 spiro atoms. The van der Waals surface area contributed by atoms with E-state index in [0.29, 0.717) is 12.1 Å². The minimum absolute atomic E-state index is 0.191. The van der Waals surface area contributed by atoms with Crippen LogP contribution in [0.5, 0.6) is 0 Å². The van der Waals surface area contributed by atoms with E-state index in [1.807, 2.05) is 26.0 Å². The summed E-state index contributed by atoms with van der Waals surface area (Å²) in [7, 11) is 0. The van der Waals surface area contributed by atoms with Crippen LogP contribution in [0.15, 0.2) is 24.3 Å². The van der Waals surface area contributed by atoms with Crippen LogP contribution in [-0.2, 0) is 20.8 Å². The maximum absolute atomic E-state index is 11.4. The molecule has 0 unspecified atom stereocenters. The minimum atomic E-state index is -0.295. The van der Waals surface area contributed by atoms with Crippen LogP contribution in [0.4, 0.5) is 5.69 Å². The van der Waals surface area contributed by atoms with Gasteiger partial charge < -0.3 is 4.79 Å². The van der Waals surface area contributed by atoms with Gasteiger partial charge in [-0.1, -0.05) is 26.0 Å². The van der Waals surface area contributed by atoms with Crippen molar-refractivity contribution in [1.82, 2.24) is 0 Å². The van der Waals surface area contributed by atoms with E-state index in [9.17, 15) is 14.4 Å². The number of carbonyl (C=O) groups excluding carboxylic acids is 3. The summed E-state index contributed by atoms with van der Waals surface area (Å²) in [5.74, 6) is -0.399. The quantitative estimate of drug-likeness (QED) is 0.834. The van der Waals surface area contributed by atoms with Gasteiger partial charge in [-0.05, 0) is 37.5 Å². The number of aryl methyl sites for hydroxylation is 1. The number of amides is 2. The standard InChI is InChI=1S/C15H19NO3.C2H6/c1-11(17)5-4-6-14-7-9-15(10-8-14)16(12(2)18)13(3)19;1-2/h7-10H,4-6H2,1-3H3;1-2H3. The molecule has 1 aromatic rings. The van der Waals surface area contributed by atoms with Crippen molar-refractivity contribution in [2.75, 3.05) is 4.90 Å². The van der Waals surface area contributed by atoms with Gasteiger partial charge in [-0.15, -0.1) is 0 Å². The Labute approximate surface area is 127 Å². The lowest BCUT2D eigenvalue weighted by Crippen LogP contribution is -2.32. The summed E-state index contributed by atoms with van der Waals surface area (Å²) in [5.41, 5.74) is 1.67. The molecule has 0 atom stereocenters. The smallest absolute Gasteiger partial charge is 0.230 e. The largest absolute Gasteiger partial charge is 0.300 e. The van der Waals surface area contributed by atoms with Crippen LogP contribution in [0.25, 0.3) is 0 Å². The van der Waals surface area contributed by atoms with E-state index in [1.54, 1.807) is 19.1 Å². The molecule has 0 aromatic heterocycles. The molecule has 0 aliphatic carbocycles. The Hall–Kier alpha value is -1.97. The highest BCUT2D eigenvalue weighted by atomic mass is 16.2. The fourth-order valence-electron chi connectivity index (χ4n) is 1.94. The lowest BCUT2D eigenvalue weighted by atomic mass is 10.1. The van der Waals surface area contributed by atoms with Crippen molar-refractivity contribution >= 4 is 23.3 Å². The first-order valence-electron chi connectivity index (χ1n) is 7.31. The van der Waals surface area contributed by atoms with Crippen LogP contribution in [0.1, 0.15) is 53.0 Å². The zero-order valence-corrected chi connectivity index (χ0v) is 13.6. The molecule has 4 heteroatoms. The van der Waals surface area contributed by atoms with E-state index < -0.39 is 0 Å². The molecule has 2 amide bonds. The van der Waals surface area contributed by atoms with E-state index in [4.69, 9.17) is 0 Å². The van der Waals surface area contributed by atoms with Gasteiger partial charge >= 0.3 is 0 Å². The van der Waals surface area contributed by atoms with Gasteiger partial charge in [-0.25, -0.2) is 0 Å². The molecular formula is C17H25NO3. The second-order valence-corrected chi connectivity index (χ2v) is 4.60. The second kappa shape index (κ2) is 9.86. The maximum atomic E-state index is 11.4. The third kappa shape index (κ3) is 6.84. The zero-order chi connectivity index (χ0) is 16.4. The van der Waals surface area contributed by atoms with Gasteiger partial charge in [0.05, 0.1) is 5.69 Å². The van der Waals surface area contributed by atoms with Gasteiger partial charge in [0.2, 0.25) is 11.8 Å². The third-order valence-electron chi connectivity index (χ3n) is 2.82. The molecule has 0 aliphatic rings. The number of ketones is 1. The van der Waals surface area contributed by atoms with Crippen molar-refractivity contribution in [3.8, 4) is 0 Å². The highest BCUT2D eigenvalue weighted by Crippen LogP contribution is 2.17. The van der Waals surface area contributed by atoms with Crippen LogP contribution in [-0.4, -0.2) is 17.6 Å². The lowest BCUT2D eigenvalue weighted by molar-refractivity contribution is -0.124. The monoisotopic (exact) mass is 291 g/mol. The fourth-order valence-corrected chi connectivity index (χ4v) is 1.94. The van der Waals surface area contributed by atoms with Crippen molar-refractivity contribution < 1.29 is 14.4 Å². The predicted molar refractivity (Wildman–Crippen MR) is 85.3 cm³/mol. The van der Waals surface area contributed by atoms with Gasteiger partial charge in [0.1, 0.15) is 5.78 Å². The van der Waals surface area contributed by atoms with E-state index >= 15 is 0 Å². The first-order chi connectivity index (χ1) is 9.91. The summed E-state index contributed by atoms with van der Waals surface area (Å²) in [6.45, 7) is 8.31. The third-order valence-corrected chi connectivity index (χ3v) is 2.82. The molecule has 4 nitrogen and oxygen atoms in total. The summed E-state index contributed by atoms with van der Waals surface area (Å²) in [6, 6.07) is 7.28. The number of Topliss-reactive ketones (excluding diaryl/α,β-unsaturated/α-hetero) is 1. The summed E-state index contributed by atoms with van der Waals surface area (Å²) >= 11 is 0. The fraction of sp³-hybridized carbons (Fsp3) is 0.471. The van der Waals surface area contributed by atoms with E-state index in [-0.39, 0.29) is 17.6 Å². The van der Waals surface area contributed by atoms with E-state index in [0.717, 1.165) is 23.3 Å². The molecule has 1 aromatic carbocycles. The molecule has 116 valence electrons. The van der Waals surface area contributed by atoms with Gasteiger partial charge in [0.15, 0.2) is 0 Å². The summed E-state index contributed by atoms with van der Waals surface area (Å²) in [6.07, 6.45) is 2.21. The van der Waals surface area contributed by atoms with Gasteiger partial charge in [-0.2, -0.15) is 0 Å². The van der Waals surface area contributed by atoms with Crippen LogP contribution in [0, 0.1) is 0 Å². The molecule has 0 saturated carbocycles.